The van der Waals surface area contributed by atoms with E-state index in [9.17, 15) is 4.79 Å². The lowest BCUT2D eigenvalue weighted by atomic mass is 9.95. The molecule has 0 bridgehead atoms. The zero-order chi connectivity index (χ0) is 20.0. The number of benzene rings is 2. The first-order chi connectivity index (χ1) is 14.1. The first-order valence-corrected chi connectivity index (χ1v) is 10.5. The number of aromatic nitrogens is 1. The standard InChI is InChI=1S/C24H27N3O2/c1-29-17-9-6-15(7-10-17)20-13-27(14-21(20)25)24(28)16-8-11-19-18-4-2-3-5-22(18)26-23(19)12-16/h6-12,20-21,26H,2-5,13-14,25H2,1H3/t20-,21+/m0/s1. The summed E-state index contributed by atoms with van der Waals surface area (Å²) in [5.41, 5.74) is 12.2. The van der Waals surface area contributed by atoms with Crippen molar-refractivity contribution in [1.29, 1.82) is 0 Å². The van der Waals surface area contributed by atoms with E-state index in [1.165, 1.54) is 29.5 Å². The first-order valence-electron chi connectivity index (χ1n) is 10.5. The van der Waals surface area contributed by atoms with Crippen molar-refractivity contribution in [2.75, 3.05) is 20.2 Å². The number of methoxy groups -OCH3 is 1. The van der Waals surface area contributed by atoms with Crippen LogP contribution in [0.15, 0.2) is 42.5 Å². The van der Waals surface area contributed by atoms with Gasteiger partial charge >= 0.3 is 0 Å². The van der Waals surface area contributed by atoms with Gasteiger partial charge in [-0.05, 0) is 61.1 Å². The zero-order valence-electron chi connectivity index (χ0n) is 16.8. The Morgan fingerprint density at radius 1 is 1.10 bits per heavy atom. The maximum absolute atomic E-state index is 13.2. The van der Waals surface area contributed by atoms with Gasteiger partial charge in [-0.25, -0.2) is 0 Å². The second kappa shape index (κ2) is 7.23. The Hall–Kier alpha value is -2.79. The molecule has 2 atom stereocenters. The second-order valence-electron chi connectivity index (χ2n) is 8.30. The third-order valence-electron chi connectivity index (χ3n) is 6.54. The van der Waals surface area contributed by atoms with Gasteiger partial charge in [0.1, 0.15) is 5.75 Å². The number of aryl methyl sites for hydroxylation is 2. The Balaban J connectivity index is 1.37. The minimum atomic E-state index is -0.0612. The quantitative estimate of drug-likeness (QED) is 0.719. The highest BCUT2D eigenvalue weighted by atomic mass is 16.5. The summed E-state index contributed by atoms with van der Waals surface area (Å²) >= 11 is 0. The van der Waals surface area contributed by atoms with E-state index in [4.69, 9.17) is 10.5 Å². The molecule has 2 heterocycles. The van der Waals surface area contributed by atoms with Crippen LogP contribution in [0.2, 0.25) is 0 Å². The summed E-state index contributed by atoms with van der Waals surface area (Å²) in [4.78, 5) is 18.6. The van der Waals surface area contributed by atoms with Gasteiger partial charge in [-0.15, -0.1) is 0 Å². The molecule has 0 spiro atoms. The lowest BCUT2D eigenvalue weighted by Crippen LogP contribution is -2.32. The number of hydrogen-bond acceptors (Lipinski definition) is 3. The van der Waals surface area contributed by atoms with Gasteiger partial charge in [0.25, 0.3) is 5.91 Å². The molecule has 1 fully saturated rings. The highest BCUT2D eigenvalue weighted by Crippen LogP contribution is 2.32. The number of nitrogens with one attached hydrogen (secondary N) is 1. The predicted molar refractivity (Wildman–Crippen MR) is 115 cm³/mol. The molecular formula is C24H27N3O2. The smallest absolute Gasteiger partial charge is 0.254 e. The summed E-state index contributed by atoms with van der Waals surface area (Å²) in [6.45, 7) is 1.22. The maximum atomic E-state index is 13.2. The molecule has 150 valence electrons. The Labute approximate surface area is 170 Å². The summed E-state index contributed by atoms with van der Waals surface area (Å²) < 4.78 is 5.24. The van der Waals surface area contributed by atoms with Gasteiger partial charge in [-0.1, -0.05) is 18.2 Å². The molecule has 3 N–H and O–H groups in total. The van der Waals surface area contributed by atoms with Crippen LogP contribution in [0.5, 0.6) is 5.75 Å². The number of amides is 1. The highest BCUT2D eigenvalue weighted by Gasteiger charge is 2.34. The predicted octanol–water partition coefficient (Wildman–Crippen LogP) is 3.62. The van der Waals surface area contributed by atoms with Crippen molar-refractivity contribution in [2.45, 2.75) is 37.6 Å². The largest absolute Gasteiger partial charge is 0.497 e. The molecule has 0 unspecified atom stereocenters. The van der Waals surface area contributed by atoms with Crippen LogP contribution in [0.25, 0.3) is 10.9 Å². The molecule has 1 aromatic heterocycles. The average molecular weight is 389 g/mol. The summed E-state index contributed by atoms with van der Waals surface area (Å²) in [7, 11) is 1.66. The van der Waals surface area contributed by atoms with Gasteiger partial charge in [0, 0.05) is 47.2 Å². The number of rotatable bonds is 3. The highest BCUT2D eigenvalue weighted by molar-refractivity contribution is 5.99. The topological polar surface area (TPSA) is 71.3 Å². The van der Waals surface area contributed by atoms with E-state index in [1.807, 2.05) is 41.3 Å². The van der Waals surface area contributed by atoms with E-state index < -0.39 is 0 Å². The van der Waals surface area contributed by atoms with Crippen molar-refractivity contribution in [1.82, 2.24) is 9.88 Å². The van der Waals surface area contributed by atoms with Gasteiger partial charge in [0.2, 0.25) is 0 Å². The molecule has 3 aromatic rings. The van der Waals surface area contributed by atoms with Crippen LogP contribution in [0.3, 0.4) is 0 Å². The van der Waals surface area contributed by atoms with Crippen LogP contribution in [-0.4, -0.2) is 42.0 Å². The molecule has 1 amide bonds. The average Bonchev–Trinajstić information content (AvgIpc) is 3.33. The van der Waals surface area contributed by atoms with E-state index in [-0.39, 0.29) is 17.9 Å². The van der Waals surface area contributed by atoms with Crippen LogP contribution >= 0.6 is 0 Å². The van der Waals surface area contributed by atoms with Gasteiger partial charge in [0.15, 0.2) is 0 Å². The van der Waals surface area contributed by atoms with E-state index >= 15 is 0 Å². The van der Waals surface area contributed by atoms with Crippen molar-refractivity contribution in [3.63, 3.8) is 0 Å². The van der Waals surface area contributed by atoms with Crippen molar-refractivity contribution in [3.05, 3.63) is 64.8 Å². The Morgan fingerprint density at radius 3 is 2.69 bits per heavy atom. The Kier molecular flexibility index (Phi) is 4.55. The fraction of sp³-hybridized carbons (Fsp3) is 0.375. The molecule has 1 aliphatic carbocycles. The molecule has 5 heteroatoms. The molecule has 5 nitrogen and oxygen atoms in total. The zero-order valence-corrected chi connectivity index (χ0v) is 16.8. The van der Waals surface area contributed by atoms with Crippen molar-refractivity contribution in [2.24, 2.45) is 5.73 Å². The van der Waals surface area contributed by atoms with Crippen LogP contribution < -0.4 is 10.5 Å². The normalized spacial score (nSPS) is 21.4. The van der Waals surface area contributed by atoms with Crippen molar-refractivity contribution < 1.29 is 9.53 Å². The number of aromatic amines is 1. The molecule has 5 rings (SSSR count). The number of ether oxygens (including phenoxy) is 1. The summed E-state index contributed by atoms with van der Waals surface area (Å²) in [5, 5.41) is 1.27. The molecule has 2 aromatic carbocycles. The number of hydrogen-bond donors (Lipinski definition) is 2. The number of nitrogens with zero attached hydrogens (tertiary/aromatic N) is 1. The molecule has 29 heavy (non-hydrogen) atoms. The van der Waals surface area contributed by atoms with Crippen LogP contribution in [0.4, 0.5) is 0 Å². The number of H-pyrrole nitrogens is 1. The van der Waals surface area contributed by atoms with Gasteiger partial charge < -0.3 is 20.4 Å². The van der Waals surface area contributed by atoms with E-state index in [0.29, 0.717) is 13.1 Å². The van der Waals surface area contributed by atoms with E-state index in [1.54, 1.807) is 7.11 Å². The summed E-state index contributed by atoms with van der Waals surface area (Å²) in [6, 6.07) is 14.0. The van der Waals surface area contributed by atoms with E-state index in [2.05, 4.69) is 11.1 Å². The van der Waals surface area contributed by atoms with Gasteiger partial charge in [-0.3, -0.25) is 4.79 Å². The van der Waals surface area contributed by atoms with Crippen molar-refractivity contribution in [3.8, 4) is 5.75 Å². The SMILES string of the molecule is COc1ccc([C@@H]2CN(C(=O)c3ccc4c5c([nH]c4c3)CCCC5)C[C@H]2N)cc1. The van der Waals surface area contributed by atoms with E-state index in [0.717, 1.165) is 35.2 Å². The first kappa shape index (κ1) is 18.3. The Bertz CT molecular complexity index is 1050. The van der Waals surface area contributed by atoms with Crippen LogP contribution in [-0.2, 0) is 12.8 Å². The molecule has 2 aliphatic rings. The molecule has 1 aliphatic heterocycles. The monoisotopic (exact) mass is 389 g/mol. The summed E-state index contributed by atoms with van der Waals surface area (Å²) in [5.74, 6) is 1.03. The maximum Gasteiger partial charge on any atom is 0.254 e. The molecule has 0 saturated carbocycles. The lowest BCUT2D eigenvalue weighted by Gasteiger charge is -2.17. The molecule has 0 radical (unpaired) electrons. The second-order valence-corrected chi connectivity index (χ2v) is 8.30. The van der Waals surface area contributed by atoms with Gasteiger partial charge in [-0.2, -0.15) is 0 Å². The number of carbonyl (C=O) groups is 1. The van der Waals surface area contributed by atoms with Gasteiger partial charge in [0.05, 0.1) is 7.11 Å². The van der Waals surface area contributed by atoms with Crippen molar-refractivity contribution >= 4 is 16.8 Å². The molecule has 1 saturated heterocycles. The minimum Gasteiger partial charge on any atom is -0.497 e. The number of fused-ring (bicyclic) bond motifs is 3. The Morgan fingerprint density at radius 2 is 1.90 bits per heavy atom. The minimum absolute atomic E-state index is 0.0610. The van der Waals surface area contributed by atoms with Crippen LogP contribution in [0, 0.1) is 0 Å². The molecular weight excluding hydrogens is 362 g/mol. The van der Waals surface area contributed by atoms with Crippen LogP contribution in [0.1, 0.15) is 45.9 Å². The lowest BCUT2D eigenvalue weighted by molar-refractivity contribution is 0.0789. The third kappa shape index (κ3) is 3.19. The fourth-order valence-electron chi connectivity index (χ4n) is 4.93. The summed E-state index contributed by atoms with van der Waals surface area (Å²) in [6.07, 6.45) is 4.73. The number of likely N-dealkylation sites (tertiary alicyclic amines) is 1. The number of nitrogens with two attached hydrogens (primary N) is 1. The number of carbonyl (C=O) groups excluding carboxylic acids is 1. The third-order valence-corrected chi connectivity index (χ3v) is 6.54. The fourth-order valence-corrected chi connectivity index (χ4v) is 4.93.